The quantitative estimate of drug-likeness (QED) is 0.705. The zero-order valence-corrected chi connectivity index (χ0v) is 12.3. The number of para-hydroxylation sites is 1. The van der Waals surface area contributed by atoms with Crippen molar-refractivity contribution in [1.82, 2.24) is 0 Å². The van der Waals surface area contributed by atoms with Gasteiger partial charge >= 0.3 is 0 Å². The number of alkyl halides is 1. The molecule has 0 bridgehead atoms. The maximum Gasteiger partial charge on any atom is 0.0494 e. The summed E-state index contributed by atoms with van der Waals surface area (Å²) in [5.41, 5.74) is 3.19. The first-order chi connectivity index (χ1) is 8.74. The molecule has 2 heteroatoms. The van der Waals surface area contributed by atoms with Crippen molar-refractivity contribution in [3.63, 3.8) is 0 Å². The first kappa shape index (κ1) is 13.7. The Hall–Kier alpha value is -0.690. The minimum absolute atomic E-state index is 0.590. The fraction of sp³-hybridized carbons (Fsp3) is 0.625. The number of hydrogen-bond acceptors (Lipinski definition) is 1. The van der Waals surface area contributed by atoms with Crippen molar-refractivity contribution in [2.24, 2.45) is 5.41 Å². The van der Waals surface area contributed by atoms with Crippen LogP contribution in [-0.4, -0.2) is 13.1 Å². The Morgan fingerprint density at radius 3 is 2.28 bits per heavy atom. The van der Waals surface area contributed by atoms with E-state index in [1.807, 2.05) is 0 Å². The summed E-state index contributed by atoms with van der Waals surface area (Å²) in [6.07, 6.45) is 5.26. The predicted molar refractivity (Wildman–Crippen MR) is 80.5 cm³/mol. The van der Waals surface area contributed by atoms with Gasteiger partial charge in [0.1, 0.15) is 0 Å². The topological polar surface area (TPSA) is 3.24 Å². The number of hydrogen-bond donors (Lipinski definition) is 0. The molecule has 0 amide bonds. The van der Waals surface area contributed by atoms with Gasteiger partial charge in [0.15, 0.2) is 0 Å². The molecule has 0 spiro atoms. The van der Waals surface area contributed by atoms with Crippen molar-refractivity contribution >= 4 is 17.3 Å². The lowest BCUT2D eigenvalue weighted by Gasteiger charge is -2.42. The third-order valence-corrected chi connectivity index (χ3v) is 5.09. The predicted octanol–water partition coefficient (Wildman–Crippen LogP) is 4.83. The fourth-order valence-corrected chi connectivity index (χ4v) is 3.34. The van der Waals surface area contributed by atoms with Gasteiger partial charge in [-0.2, -0.15) is 0 Å². The summed E-state index contributed by atoms with van der Waals surface area (Å²) >= 11 is 6.04. The zero-order valence-electron chi connectivity index (χ0n) is 11.6. The Labute approximate surface area is 116 Å². The Bertz CT molecular complexity index is 374. The molecule has 0 unspecified atom stereocenters. The van der Waals surface area contributed by atoms with Gasteiger partial charge in [0, 0.05) is 24.7 Å². The number of rotatable bonds is 4. The molecular weight excluding hydrogens is 242 g/mol. The Kier molecular flexibility index (Phi) is 4.55. The Balaban J connectivity index is 2.10. The smallest absolute Gasteiger partial charge is 0.0494 e. The first-order valence-corrected chi connectivity index (χ1v) is 7.67. The molecule has 1 aliphatic heterocycles. The van der Waals surface area contributed by atoms with E-state index in [9.17, 15) is 0 Å². The number of halogens is 1. The van der Waals surface area contributed by atoms with Gasteiger partial charge in [-0.25, -0.2) is 0 Å². The van der Waals surface area contributed by atoms with E-state index in [1.54, 1.807) is 0 Å². The highest BCUT2D eigenvalue weighted by atomic mass is 35.5. The molecular formula is C16H24ClN. The lowest BCUT2D eigenvalue weighted by molar-refractivity contribution is 0.199. The van der Waals surface area contributed by atoms with Gasteiger partial charge in [-0.3, -0.25) is 0 Å². The second-order valence-corrected chi connectivity index (χ2v) is 5.72. The van der Waals surface area contributed by atoms with Crippen LogP contribution < -0.4 is 4.90 Å². The van der Waals surface area contributed by atoms with Crippen molar-refractivity contribution in [2.45, 2.75) is 45.4 Å². The second-order valence-electron chi connectivity index (χ2n) is 5.46. The Morgan fingerprint density at radius 1 is 1.11 bits per heavy atom. The van der Waals surface area contributed by atoms with Crippen molar-refractivity contribution in [3.05, 3.63) is 29.8 Å². The molecule has 0 aromatic heterocycles. The maximum atomic E-state index is 6.04. The molecule has 0 radical (unpaired) electrons. The number of benzene rings is 1. The molecule has 0 atom stereocenters. The van der Waals surface area contributed by atoms with Gasteiger partial charge in [-0.05, 0) is 29.9 Å². The van der Waals surface area contributed by atoms with Gasteiger partial charge in [0.05, 0.1) is 0 Å². The van der Waals surface area contributed by atoms with Crippen LogP contribution in [0, 0.1) is 5.41 Å². The van der Waals surface area contributed by atoms with E-state index >= 15 is 0 Å². The minimum atomic E-state index is 0.590. The monoisotopic (exact) mass is 265 g/mol. The molecule has 18 heavy (non-hydrogen) atoms. The second kappa shape index (κ2) is 5.97. The van der Waals surface area contributed by atoms with Crippen LogP contribution in [0.5, 0.6) is 0 Å². The van der Waals surface area contributed by atoms with Crippen molar-refractivity contribution in [2.75, 3.05) is 18.0 Å². The van der Waals surface area contributed by atoms with Crippen LogP contribution in [-0.2, 0) is 5.88 Å². The van der Waals surface area contributed by atoms with Crippen LogP contribution in [0.3, 0.4) is 0 Å². The van der Waals surface area contributed by atoms with Gasteiger partial charge in [0.2, 0.25) is 0 Å². The summed E-state index contributed by atoms with van der Waals surface area (Å²) < 4.78 is 0. The molecule has 1 aromatic rings. The van der Waals surface area contributed by atoms with Gasteiger partial charge in [0.25, 0.3) is 0 Å². The van der Waals surface area contributed by atoms with Crippen LogP contribution in [0.25, 0.3) is 0 Å². The number of nitrogens with zero attached hydrogens (tertiary/aromatic N) is 1. The van der Waals surface area contributed by atoms with Crippen molar-refractivity contribution in [1.29, 1.82) is 0 Å². The first-order valence-electron chi connectivity index (χ1n) is 7.13. The zero-order chi connectivity index (χ0) is 13.0. The number of piperidine rings is 1. The summed E-state index contributed by atoms with van der Waals surface area (Å²) in [4.78, 5) is 2.52. The van der Waals surface area contributed by atoms with Crippen LogP contribution in [0.1, 0.15) is 45.1 Å². The highest BCUT2D eigenvalue weighted by molar-refractivity contribution is 6.17. The van der Waals surface area contributed by atoms with Crippen LogP contribution in [0.2, 0.25) is 0 Å². The molecule has 1 aromatic carbocycles. The van der Waals surface area contributed by atoms with E-state index in [4.69, 9.17) is 11.6 Å². The molecule has 100 valence electrons. The summed E-state index contributed by atoms with van der Waals surface area (Å²) in [5.74, 6) is 0.610. The fourth-order valence-electron chi connectivity index (χ4n) is 3.11. The van der Waals surface area contributed by atoms with E-state index in [0.717, 1.165) is 0 Å². The third kappa shape index (κ3) is 2.66. The molecule has 0 N–H and O–H groups in total. The van der Waals surface area contributed by atoms with E-state index < -0.39 is 0 Å². The van der Waals surface area contributed by atoms with Gasteiger partial charge < -0.3 is 4.90 Å². The molecule has 1 nitrogen and oxygen atoms in total. The summed E-state index contributed by atoms with van der Waals surface area (Å²) in [6.45, 7) is 7.03. The lowest BCUT2D eigenvalue weighted by Crippen LogP contribution is -2.40. The number of anilines is 1. The van der Waals surface area contributed by atoms with E-state index in [2.05, 4.69) is 43.0 Å². The van der Waals surface area contributed by atoms with Crippen molar-refractivity contribution in [3.8, 4) is 0 Å². The lowest BCUT2D eigenvalue weighted by atomic mass is 9.74. The molecule has 1 heterocycles. The average molecular weight is 266 g/mol. The highest BCUT2D eigenvalue weighted by Crippen LogP contribution is 2.39. The third-order valence-electron chi connectivity index (χ3n) is 4.80. The van der Waals surface area contributed by atoms with Crippen LogP contribution in [0.15, 0.2) is 24.3 Å². The van der Waals surface area contributed by atoms with Gasteiger partial charge in [-0.1, -0.05) is 44.9 Å². The van der Waals surface area contributed by atoms with E-state index in [-0.39, 0.29) is 0 Å². The standard InChI is InChI=1S/C16H24ClN/c1-3-16(4-2)9-11-18(12-10-16)15-8-6-5-7-14(15)13-17/h5-8H,3-4,9-13H2,1-2H3. The van der Waals surface area contributed by atoms with Crippen LogP contribution >= 0.6 is 11.6 Å². The van der Waals surface area contributed by atoms with E-state index in [0.29, 0.717) is 11.3 Å². The average Bonchev–Trinajstić information content (AvgIpc) is 2.47. The summed E-state index contributed by atoms with van der Waals surface area (Å²) in [5, 5.41) is 0. The van der Waals surface area contributed by atoms with Gasteiger partial charge in [-0.15, -0.1) is 11.6 Å². The normalized spacial score (nSPS) is 18.9. The SMILES string of the molecule is CCC1(CC)CCN(c2ccccc2CCl)CC1. The molecule has 0 aliphatic carbocycles. The summed E-state index contributed by atoms with van der Waals surface area (Å²) in [7, 11) is 0. The Morgan fingerprint density at radius 2 is 1.72 bits per heavy atom. The maximum absolute atomic E-state index is 6.04. The molecule has 2 rings (SSSR count). The summed E-state index contributed by atoms with van der Waals surface area (Å²) in [6, 6.07) is 8.55. The minimum Gasteiger partial charge on any atom is -0.371 e. The molecule has 0 saturated carbocycles. The van der Waals surface area contributed by atoms with Crippen molar-refractivity contribution < 1.29 is 0 Å². The largest absolute Gasteiger partial charge is 0.371 e. The molecule has 1 fully saturated rings. The van der Waals surface area contributed by atoms with E-state index in [1.165, 1.54) is 50.0 Å². The highest BCUT2D eigenvalue weighted by Gasteiger charge is 2.31. The molecule has 1 saturated heterocycles. The molecule has 1 aliphatic rings. The van der Waals surface area contributed by atoms with Crippen LogP contribution in [0.4, 0.5) is 5.69 Å².